The van der Waals surface area contributed by atoms with Crippen molar-refractivity contribution < 1.29 is 68.6 Å². The standard InChI is InChI=1S/C46H45N7O14/c1-23(2)66-35-22-28(46(61)62)12-20-33(35)50-44(59)32-19-21-34(38(37(32)54)67-24(3)4)51-42(57)25-6-15-30(16-7-25)49-45(60)36(39(65-5)40(47)55)52-43(58)26-8-13-29(14-9-26)48-41(56)27-10-17-31(18-11-27)53(63)64/h6-24,36,39,54H,1-5H3,(H2,47,55)(H,48,56)(H,49,60)(H,50,59)(H,51,57)(H,52,58)(H,61,62)/t36-,39+/m0/s1. The van der Waals surface area contributed by atoms with E-state index in [1.54, 1.807) is 27.7 Å². The Morgan fingerprint density at radius 3 is 1.64 bits per heavy atom. The van der Waals surface area contributed by atoms with Crippen LogP contribution >= 0.6 is 0 Å². The third-order valence-electron chi connectivity index (χ3n) is 9.40. The number of carbonyl (C=O) groups excluding carboxylic acids is 6. The summed E-state index contributed by atoms with van der Waals surface area (Å²) in [6.07, 6.45) is -2.47. The fraction of sp³-hybridized carbons (Fsp3) is 0.196. The summed E-state index contributed by atoms with van der Waals surface area (Å²) in [4.78, 5) is 101. The summed E-state index contributed by atoms with van der Waals surface area (Å²) in [6.45, 7) is 6.69. The smallest absolute Gasteiger partial charge is 0.340 e. The highest BCUT2D eigenvalue weighted by molar-refractivity contribution is 6.10. The molecule has 67 heavy (non-hydrogen) atoms. The van der Waals surface area contributed by atoms with Crippen LogP contribution in [0.2, 0.25) is 0 Å². The Balaban J connectivity index is 1.27. The largest absolute Gasteiger partial charge is 0.869 e. The van der Waals surface area contributed by atoms with Crippen LogP contribution in [0, 0.1) is 10.1 Å². The minimum Gasteiger partial charge on any atom is -0.869 e. The van der Waals surface area contributed by atoms with Crippen LogP contribution in [0.25, 0.3) is 0 Å². The van der Waals surface area contributed by atoms with Gasteiger partial charge in [0.15, 0.2) is 0 Å². The lowest BCUT2D eigenvalue weighted by atomic mass is 10.1. The number of nitro groups is 1. The molecule has 0 saturated heterocycles. The molecule has 5 rings (SSSR count). The number of hydrogen-bond donors (Lipinski definition) is 7. The number of anilines is 4. The van der Waals surface area contributed by atoms with Crippen molar-refractivity contribution in [3.63, 3.8) is 0 Å². The van der Waals surface area contributed by atoms with Crippen molar-refractivity contribution in [2.75, 3.05) is 28.4 Å². The van der Waals surface area contributed by atoms with Gasteiger partial charge in [0.1, 0.15) is 17.5 Å². The summed E-state index contributed by atoms with van der Waals surface area (Å²) in [5, 5.41) is 46.8. The van der Waals surface area contributed by atoms with Crippen LogP contribution in [0.4, 0.5) is 28.4 Å². The molecular weight excluding hydrogens is 875 g/mol. The lowest BCUT2D eigenvalue weighted by Gasteiger charge is -2.24. The molecule has 5 aromatic rings. The molecule has 0 aliphatic heterocycles. The number of hydrogen-bond acceptors (Lipinski definition) is 13. The van der Waals surface area contributed by atoms with E-state index in [2.05, 4.69) is 32.3 Å². The van der Waals surface area contributed by atoms with E-state index < -0.39 is 70.3 Å². The van der Waals surface area contributed by atoms with Crippen LogP contribution in [0.1, 0.15) is 79.5 Å². The number of carboxylic acid groups (broad SMARTS) is 1. The number of amides is 6. The predicted molar refractivity (Wildman–Crippen MR) is 239 cm³/mol. The van der Waals surface area contributed by atoms with E-state index in [0.29, 0.717) is 0 Å². The average Bonchev–Trinajstić information content (AvgIpc) is 3.28. The number of carbonyl (C=O) groups is 7. The Labute approximate surface area is 381 Å². The summed E-state index contributed by atoms with van der Waals surface area (Å²) in [6, 6.07) is 20.6. The van der Waals surface area contributed by atoms with Crippen molar-refractivity contribution in [2.45, 2.75) is 52.0 Å². The van der Waals surface area contributed by atoms with Gasteiger partial charge in [0, 0.05) is 52.9 Å². The number of methoxy groups -OCH3 is 1. The van der Waals surface area contributed by atoms with E-state index >= 15 is 0 Å². The van der Waals surface area contributed by atoms with Gasteiger partial charge in [0.25, 0.3) is 29.3 Å². The lowest BCUT2D eigenvalue weighted by Crippen LogP contribution is -2.68. The average molecular weight is 920 g/mol. The number of aromatic carboxylic acids is 1. The Kier molecular flexibility index (Phi) is 16.0. The number of rotatable bonds is 19. The van der Waals surface area contributed by atoms with Crippen molar-refractivity contribution in [1.82, 2.24) is 5.32 Å². The predicted octanol–water partition coefficient (Wildman–Crippen LogP) is 4.22. The highest BCUT2D eigenvalue weighted by atomic mass is 16.6. The number of quaternary nitrogens is 1. The SMILES string of the molecule is CO[C@@H](C([NH3+])=O)[C@H](NC(=O)c1ccc(NC(=O)c2ccc([N+](=O)[O-])cc2)cc1)C(=O)Nc1ccc(C(=O)Nc2ccc(C(=O)Nc3ccc(C(=O)O)cc3OC(C)C)c([O-])c2OC(C)C)cc1. The zero-order chi connectivity index (χ0) is 49.1. The van der Waals surface area contributed by atoms with E-state index in [4.69, 9.17) is 14.2 Å². The second-order valence-corrected chi connectivity index (χ2v) is 15.1. The molecule has 0 bridgehead atoms. The molecular formula is C46H45N7O14. The van der Waals surface area contributed by atoms with Gasteiger partial charge in [0.2, 0.25) is 12.0 Å². The fourth-order valence-electron chi connectivity index (χ4n) is 6.21. The Morgan fingerprint density at radius 1 is 0.627 bits per heavy atom. The van der Waals surface area contributed by atoms with Crippen molar-refractivity contribution in [3.05, 3.63) is 141 Å². The van der Waals surface area contributed by atoms with Gasteiger partial charge < -0.3 is 51.0 Å². The molecule has 0 aromatic heterocycles. The number of non-ortho nitro benzene ring substituents is 1. The first-order valence-corrected chi connectivity index (χ1v) is 20.2. The van der Waals surface area contributed by atoms with E-state index in [0.717, 1.165) is 7.11 Å². The summed E-state index contributed by atoms with van der Waals surface area (Å²) >= 11 is 0. The van der Waals surface area contributed by atoms with Gasteiger partial charge in [0.05, 0.1) is 34.1 Å². The van der Waals surface area contributed by atoms with Crippen LogP contribution in [0.3, 0.4) is 0 Å². The molecule has 0 unspecified atom stereocenters. The first-order chi connectivity index (χ1) is 31.8. The number of carboxylic acids is 1. The minimum atomic E-state index is -1.61. The zero-order valence-electron chi connectivity index (χ0n) is 36.5. The van der Waals surface area contributed by atoms with Crippen LogP contribution < -0.4 is 46.9 Å². The Bertz CT molecular complexity index is 2710. The molecule has 9 N–H and O–H groups in total. The molecule has 0 fully saturated rings. The number of nitro benzene ring substituents is 1. The second-order valence-electron chi connectivity index (χ2n) is 15.1. The third-order valence-corrected chi connectivity index (χ3v) is 9.40. The molecule has 6 amide bonds. The van der Waals surface area contributed by atoms with Gasteiger partial charge in [-0.1, -0.05) is 5.75 Å². The molecule has 21 nitrogen and oxygen atoms in total. The van der Waals surface area contributed by atoms with Crippen molar-refractivity contribution >= 4 is 69.8 Å². The quantitative estimate of drug-likeness (QED) is 0.0451. The molecule has 0 spiro atoms. The summed E-state index contributed by atoms with van der Waals surface area (Å²) < 4.78 is 16.7. The number of ether oxygens (including phenoxy) is 3. The minimum absolute atomic E-state index is 0.0346. The first kappa shape index (κ1) is 49.3. The Hall–Kier alpha value is -8.69. The van der Waals surface area contributed by atoms with Crippen LogP contribution in [0.5, 0.6) is 17.2 Å². The van der Waals surface area contributed by atoms with Gasteiger partial charge in [-0.3, -0.25) is 39.8 Å². The van der Waals surface area contributed by atoms with E-state index in [1.165, 1.54) is 103 Å². The van der Waals surface area contributed by atoms with Gasteiger partial charge in [-0.15, -0.1) is 0 Å². The van der Waals surface area contributed by atoms with Crippen LogP contribution in [0.15, 0.2) is 103 Å². The topological polar surface area (TPSA) is 321 Å². The number of nitrogens with zero attached hydrogens (tertiary/aromatic N) is 1. The molecule has 348 valence electrons. The van der Waals surface area contributed by atoms with Crippen LogP contribution in [-0.2, 0) is 14.3 Å². The zero-order valence-corrected chi connectivity index (χ0v) is 36.5. The Morgan fingerprint density at radius 2 is 1.12 bits per heavy atom. The molecule has 2 atom stereocenters. The van der Waals surface area contributed by atoms with Crippen molar-refractivity contribution in [2.24, 2.45) is 0 Å². The molecule has 0 heterocycles. The number of benzene rings is 5. The van der Waals surface area contributed by atoms with Gasteiger partial charge in [-0.25, -0.2) is 9.59 Å². The van der Waals surface area contributed by atoms with Gasteiger partial charge in [-0.05, 0) is 119 Å². The summed E-state index contributed by atoms with van der Waals surface area (Å²) in [5.41, 5.74) is 3.43. The second kappa shape index (κ2) is 21.8. The van der Waals surface area contributed by atoms with E-state index in [9.17, 15) is 53.9 Å². The van der Waals surface area contributed by atoms with Gasteiger partial charge in [-0.2, -0.15) is 0 Å². The fourth-order valence-corrected chi connectivity index (χ4v) is 6.21. The molecule has 21 heteroatoms. The molecule has 0 saturated carbocycles. The lowest BCUT2D eigenvalue weighted by molar-refractivity contribution is -0.384. The third kappa shape index (κ3) is 12.7. The van der Waals surface area contributed by atoms with E-state index in [1.807, 2.05) is 0 Å². The maximum Gasteiger partial charge on any atom is 0.340 e. The van der Waals surface area contributed by atoms with Crippen molar-refractivity contribution in [3.8, 4) is 17.2 Å². The van der Waals surface area contributed by atoms with E-state index in [-0.39, 0.29) is 73.9 Å². The molecule has 5 aromatic carbocycles. The van der Waals surface area contributed by atoms with Crippen molar-refractivity contribution in [1.29, 1.82) is 0 Å². The summed E-state index contributed by atoms with van der Waals surface area (Å²) in [7, 11) is 1.15. The monoisotopic (exact) mass is 919 g/mol. The summed E-state index contributed by atoms with van der Waals surface area (Å²) in [5.74, 6) is -6.96. The maximum absolute atomic E-state index is 13.7. The maximum atomic E-state index is 13.7. The van der Waals surface area contributed by atoms with Gasteiger partial charge >= 0.3 is 11.9 Å². The number of nitrogens with one attached hydrogen (secondary N) is 5. The highest BCUT2D eigenvalue weighted by Gasteiger charge is 2.36. The normalized spacial score (nSPS) is 11.7. The highest BCUT2D eigenvalue weighted by Crippen LogP contribution is 2.38. The molecule has 0 aliphatic carbocycles. The first-order valence-electron chi connectivity index (χ1n) is 20.2. The molecule has 0 radical (unpaired) electrons. The van der Waals surface area contributed by atoms with Crippen LogP contribution in [-0.4, -0.2) is 82.9 Å². The molecule has 0 aliphatic rings.